The van der Waals surface area contributed by atoms with Gasteiger partial charge in [-0.25, -0.2) is 9.18 Å². The predicted molar refractivity (Wildman–Crippen MR) is 69.9 cm³/mol. The van der Waals surface area contributed by atoms with Crippen LogP contribution in [0.5, 0.6) is 0 Å². The topological polar surface area (TPSA) is 44.4 Å². The molecule has 0 saturated carbocycles. The van der Waals surface area contributed by atoms with Crippen LogP contribution in [0.25, 0.3) is 0 Å². The van der Waals surface area contributed by atoms with Gasteiger partial charge in [-0.2, -0.15) is 0 Å². The lowest BCUT2D eigenvalue weighted by molar-refractivity contribution is 0.219. The second kappa shape index (κ2) is 5.63. The number of nitrogens with one attached hydrogen (secondary N) is 2. The summed E-state index contributed by atoms with van der Waals surface area (Å²) in [6.07, 6.45) is 0. The van der Waals surface area contributed by atoms with Gasteiger partial charge in [0.15, 0.2) is 0 Å². The van der Waals surface area contributed by atoms with Crippen molar-refractivity contribution in [3.8, 4) is 0 Å². The van der Waals surface area contributed by atoms with Gasteiger partial charge in [0.2, 0.25) is 0 Å². The van der Waals surface area contributed by atoms with E-state index >= 15 is 0 Å². The lowest BCUT2D eigenvalue weighted by atomic mass is 10.3. The molecular formula is C11H12Cl2FN3O. The molecule has 1 aliphatic rings. The molecule has 1 aliphatic heterocycles. The van der Waals surface area contributed by atoms with E-state index in [1.807, 2.05) is 0 Å². The summed E-state index contributed by atoms with van der Waals surface area (Å²) in [5, 5.41) is 6.16. The van der Waals surface area contributed by atoms with Crippen molar-refractivity contribution >= 4 is 34.9 Å². The van der Waals surface area contributed by atoms with Crippen molar-refractivity contribution in [3.63, 3.8) is 0 Å². The van der Waals surface area contributed by atoms with E-state index < -0.39 is 5.82 Å². The Labute approximate surface area is 114 Å². The lowest BCUT2D eigenvalue weighted by Crippen LogP contribution is -2.32. The summed E-state index contributed by atoms with van der Waals surface area (Å²) in [7, 11) is 0. The summed E-state index contributed by atoms with van der Waals surface area (Å²) in [4.78, 5) is 13.0. The van der Waals surface area contributed by atoms with E-state index in [1.54, 1.807) is 4.90 Å². The predicted octanol–water partition coefficient (Wildman–Crippen LogP) is 2.57. The van der Waals surface area contributed by atoms with Gasteiger partial charge in [-0.05, 0) is 12.1 Å². The standard InChI is InChI=1S/C11H12Cl2FN3O/c12-8-5-7(14)6-9(13)10(8)15-1-3-17-4-2-16-11(17)18/h5-6,15H,1-4H2,(H,16,18). The molecule has 18 heavy (non-hydrogen) atoms. The number of amides is 2. The van der Waals surface area contributed by atoms with Crippen molar-refractivity contribution in [1.29, 1.82) is 0 Å². The van der Waals surface area contributed by atoms with Crippen molar-refractivity contribution in [2.45, 2.75) is 0 Å². The minimum atomic E-state index is -0.477. The van der Waals surface area contributed by atoms with Crippen LogP contribution in [0.4, 0.5) is 14.9 Å². The average molecular weight is 292 g/mol. The molecule has 7 heteroatoms. The maximum absolute atomic E-state index is 13.0. The minimum absolute atomic E-state index is 0.0758. The van der Waals surface area contributed by atoms with Gasteiger partial charge < -0.3 is 15.5 Å². The van der Waals surface area contributed by atoms with Crippen LogP contribution >= 0.6 is 23.2 Å². The highest BCUT2D eigenvalue weighted by atomic mass is 35.5. The molecule has 98 valence electrons. The molecule has 1 heterocycles. The van der Waals surface area contributed by atoms with E-state index in [0.717, 1.165) is 0 Å². The highest BCUT2D eigenvalue weighted by Crippen LogP contribution is 2.31. The first-order valence-electron chi connectivity index (χ1n) is 5.49. The Kier molecular flexibility index (Phi) is 4.14. The van der Waals surface area contributed by atoms with Gasteiger partial charge in [-0.3, -0.25) is 0 Å². The fourth-order valence-corrected chi connectivity index (χ4v) is 2.35. The molecule has 4 nitrogen and oxygen atoms in total. The Morgan fingerprint density at radius 3 is 2.61 bits per heavy atom. The van der Waals surface area contributed by atoms with E-state index in [1.165, 1.54) is 12.1 Å². The molecule has 0 radical (unpaired) electrons. The Hall–Kier alpha value is -1.20. The van der Waals surface area contributed by atoms with Crippen molar-refractivity contribution in [2.24, 2.45) is 0 Å². The minimum Gasteiger partial charge on any atom is -0.381 e. The molecule has 0 atom stereocenters. The molecule has 1 fully saturated rings. The molecule has 1 aromatic rings. The zero-order valence-corrected chi connectivity index (χ0v) is 11.0. The van der Waals surface area contributed by atoms with E-state index in [-0.39, 0.29) is 16.1 Å². The Morgan fingerprint density at radius 1 is 1.39 bits per heavy atom. The van der Waals surface area contributed by atoms with E-state index in [4.69, 9.17) is 23.2 Å². The SMILES string of the molecule is O=C1NCCN1CCNc1c(Cl)cc(F)cc1Cl. The summed E-state index contributed by atoms with van der Waals surface area (Å²) < 4.78 is 13.0. The van der Waals surface area contributed by atoms with Gasteiger partial charge >= 0.3 is 6.03 Å². The van der Waals surface area contributed by atoms with Gasteiger partial charge in [0.1, 0.15) is 5.82 Å². The Morgan fingerprint density at radius 2 is 2.06 bits per heavy atom. The van der Waals surface area contributed by atoms with E-state index in [9.17, 15) is 9.18 Å². The molecule has 0 aliphatic carbocycles. The molecule has 0 bridgehead atoms. The second-order valence-electron chi connectivity index (χ2n) is 3.89. The average Bonchev–Trinajstić information content (AvgIpc) is 2.68. The maximum Gasteiger partial charge on any atom is 0.317 e. The quantitative estimate of drug-likeness (QED) is 0.896. The molecule has 2 N–H and O–H groups in total. The summed E-state index contributed by atoms with van der Waals surface area (Å²) in [6, 6.07) is 2.31. The normalized spacial score (nSPS) is 14.8. The smallest absolute Gasteiger partial charge is 0.317 e. The maximum atomic E-state index is 13.0. The number of hydrogen-bond donors (Lipinski definition) is 2. The van der Waals surface area contributed by atoms with E-state index in [2.05, 4.69) is 10.6 Å². The van der Waals surface area contributed by atoms with Gasteiger partial charge in [-0.15, -0.1) is 0 Å². The molecular weight excluding hydrogens is 280 g/mol. The molecule has 0 aromatic heterocycles. The number of hydrogen-bond acceptors (Lipinski definition) is 2. The van der Waals surface area contributed by atoms with Gasteiger partial charge in [0, 0.05) is 26.2 Å². The first kappa shape index (κ1) is 13.2. The number of urea groups is 1. The third-order valence-corrected chi connectivity index (χ3v) is 3.23. The Balaban J connectivity index is 1.92. The molecule has 1 aromatic carbocycles. The number of anilines is 1. The van der Waals surface area contributed by atoms with Crippen LogP contribution in [0.3, 0.4) is 0 Å². The third-order valence-electron chi connectivity index (χ3n) is 2.64. The van der Waals surface area contributed by atoms with Crippen molar-refractivity contribution in [1.82, 2.24) is 10.2 Å². The van der Waals surface area contributed by atoms with Crippen LogP contribution < -0.4 is 10.6 Å². The zero-order valence-electron chi connectivity index (χ0n) is 9.47. The largest absolute Gasteiger partial charge is 0.381 e. The van der Waals surface area contributed by atoms with Gasteiger partial charge in [-0.1, -0.05) is 23.2 Å². The van der Waals surface area contributed by atoms with Crippen LogP contribution in [0.1, 0.15) is 0 Å². The summed E-state index contributed by atoms with van der Waals surface area (Å²) in [6.45, 7) is 2.39. The van der Waals surface area contributed by atoms with Crippen LogP contribution in [0.15, 0.2) is 12.1 Å². The van der Waals surface area contributed by atoms with Crippen molar-refractivity contribution < 1.29 is 9.18 Å². The highest BCUT2D eigenvalue weighted by Gasteiger charge is 2.18. The van der Waals surface area contributed by atoms with Crippen LogP contribution in [-0.4, -0.2) is 37.1 Å². The first-order valence-corrected chi connectivity index (χ1v) is 6.24. The number of carbonyl (C=O) groups excluding carboxylic acids is 1. The summed E-state index contributed by atoms with van der Waals surface area (Å²) in [5.41, 5.74) is 0.485. The third kappa shape index (κ3) is 2.97. The highest BCUT2D eigenvalue weighted by molar-refractivity contribution is 6.39. The van der Waals surface area contributed by atoms with E-state index in [0.29, 0.717) is 31.9 Å². The van der Waals surface area contributed by atoms with Gasteiger partial charge in [0.25, 0.3) is 0 Å². The van der Waals surface area contributed by atoms with Crippen LogP contribution in [0.2, 0.25) is 10.0 Å². The first-order chi connectivity index (χ1) is 8.58. The summed E-state index contributed by atoms with van der Waals surface area (Å²) >= 11 is 11.8. The molecule has 0 unspecified atom stereocenters. The van der Waals surface area contributed by atoms with Crippen LogP contribution in [-0.2, 0) is 0 Å². The monoisotopic (exact) mass is 291 g/mol. The Bertz CT molecular complexity index is 447. The number of halogens is 3. The molecule has 0 spiro atoms. The lowest BCUT2D eigenvalue weighted by Gasteiger charge is -2.16. The molecule has 2 amide bonds. The number of nitrogens with zero attached hydrogens (tertiary/aromatic N) is 1. The fourth-order valence-electron chi connectivity index (χ4n) is 1.75. The molecule has 2 rings (SSSR count). The van der Waals surface area contributed by atoms with Crippen LogP contribution in [0, 0.1) is 5.82 Å². The summed E-state index contributed by atoms with van der Waals surface area (Å²) in [5.74, 6) is -0.477. The number of carbonyl (C=O) groups is 1. The van der Waals surface area contributed by atoms with Gasteiger partial charge in [0.05, 0.1) is 15.7 Å². The fraction of sp³-hybridized carbons (Fsp3) is 0.364. The number of rotatable bonds is 4. The van der Waals surface area contributed by atoms with Crippen molar-refractivity contribution in [3.05, 3.63) is 28.0 Å². The number of benzene rings is 1. The molecule has 1 saturated heterocycles. The zero-order chi connectivity index (χ0) is 13.1. The van der Waals surface area contributed by atoms with Crippen molar-refractivity contribution in [2.75, 3.05) is 31.5 Å². The second-order valence-corrected chi connectivity index (χ2v) is 4.70.